The van der Waals surface area contributed by atoms with Crippen LogP contribution in [0.5, 0.6) is 0 Å². The Balaban J connectivity index is 2.56. The van der Waals surface area contributed by atoms with E-state index < -0.39 is 30.6 Å². The van der Waals surface area contributed by atoms with Crippen LogP contribution in [-0.2, 0) is 9.53 Å². The van der Waals surface area contributed by atoms with Crippen LogP contribution in [0.1, 0.15) is 27.2 Å². The van der Waals surface area contributed by atoms with E-state index >= 15 is 0 Å². The summed E-state index contributed by atoms with van der Waals surface area (Å²) in [5.41, 5.74) is 0. The summed E-state index contributed by atoms with van der Waals surface area (Å²) in [5.74, 6) is -0.0523. The first-order valence-electron chi connectivity index (χ1n) is 5.82. The number of hydrogen-bond donors (Lipinski definition) is 4. The van der Waals surface area contributed by atoms with E-state index in [-0.39, 0.29) is 11.8 Å². The van der Waals surface area contributed by atoms with Crippen molar-refractivity contribution in [3.63, 3.8) is 0 Å². The van der Waals surface area contributed by atoms with E-state index in [2.05, 4.69) is 5.32 Å². The molecule has 6 nitrogen and oxygen atoms in total. The minimum Gasteiger partial charge on any atom is -0.388 e. The number of nitrogens with one attached hydrogen (secondary N) is 1. The van der Waals surface area contributed by atoms with Crippen LogP contribution in [-0.4, -0.2) is 51.9 Å². The van der Waals surface area contributed by atoms with Crippen LogP contribution in [0.25, 0.3) is 0 Å². The number of carbonyl (C=O) groups excluding carboxylic acids is 1. The van der Waals surface area contributed by atoms with Gasteiger partial charge in [0.1, 0.15) is 18.3 Å². The Hall–Kier alpha value is -0.690. The van der Waals surface area contributed by atoms with Gasteiger partial charge in [-0.3, -0.25) is 4.79 Å². The Morgan fingerprint density at radius 1 is 1.24 bits per heavy atom. The first kappa shape index (κ1) is 14.4. The third kappa shape index (κ3) is 3.64. The van der Waals surface area contributed by atoms with E-state index in [1.54, 1.807) is 6.92 Å². The van der Waals surface area contributed by atoms with Gasteiger partial charge in [-0.2, -0.15) is 0 Å². The Labute approximate surface area is 101 Å². The molecule has 5 atom stereocenters. The quantitative estimate of drug-likeness (QED) is 0.511. The molecule has 1 rings (SSSR count). The molecule has 1 fully saturated rings. The van der Waals surface area contributed by atoms with Gasteiger partial charge in [-0.1, -0.05) is 13.8 Å². The van der Waals surface area contributed by atoms with Crippen LogP contribution in [0.4, 0.5) is 0 Å². The monoisotopic (exact) mass is 247 g/mol. The minimum atomic E-state index is -1.32. The number of hydrogen-bond acceptors (Lipinski definition) is 5. The second kappa shape index (κ2) is 5.77. The molecule has 1 aliphatic heterocycles. The molecule has 0 aromatic heterocycles. The summed E-state index contributed by atoms with van der Waals surface area (Å²) in [4.78, 5) is 11.5. The highest BCUT2D eigenvalue weighted by atomic mass is 16.5. The fourth-order valence-corrected chi connectivity index (χ4v) is 1.76. The Kier molecular flexibility index (Phi) is 4.88. The van der Waals surface area contributed by atoms with Gasteiger partial charge in [0.15, 0.2) is 6.23 Å². The van der Waals surface area contributed by atoms with Crippen molar-refractivity contribution in [1.29, 1.82) is 0 Å². The molecular weight excluding hydrogens is 226 g/mol. The molecule has 1 aliphatic rings. The second-order valence-corrected chi connectivity index (χ2v) is 4.90. The lowest BCUT2D eigenvalue weighted by Gasteiger charge is -2.39. The van der Waals surface area contributed by atoms with Crippen LogP contribution < -0.4 is 5.32 Å². The van der Waals surface area contributed by atoms with Crippen LogP contribution in [0.3, 0.4) is 0 Å². The highest BCUT2D eigenvalue weighted by molar-refractivity contribution is 5.76. The molecule has 1 heterocycles. The first-order chi connectivity index (χ1) is 7.82. The summed E-state index contributed by atoms with van der Waals surface area (Å²) >= 11 is 0. The van der Waals surface area contributed by atoms with Gasteiger partial charge in [-0.25, -0.2) is 0 Å². The molecule has 1 amide bonds. The van der Waals surface area contributed by atoms with Gasteiger partial charge >= 0.3 is 0 Å². The zero-order chi connectivity index (χ0) is 13.2. The summed E-state index contributed by atoms with van der Waals surface area (Å²) < 4.78 is 5.24. The van der Waals surface area contributed by atoms with Crippen molar-refractivity contribution in [3.8, 4) is 0 Å². The number of aliphatic hydroxyl groups excluding tert-OH is 3. The summed E-state index contributed by atoms with van der Waals surface area (Å²) in [5, 5.41) is 31.2. The van der Waals surface area contributed by atoms with Gasteiger partial charge in [0.2, 0.25) is 5.91 Å². The van der Waals surface area contributed by atoms with Crippen molar-refractivity contribution in [2.75, 3.05) is 0 Å². The predicted molar refractivity (Wildman–Crippen MR) is 60.0 cm³/mol. The lowest BCUT2D eigenvalue weighted by Crippen LogP contribution is -2.61. The summed E-state index contributed by atoms with van der Waals surface area (Å²) in [6, 6.07) is 0. The lowest BCUT2D eigenvalue weighted by molar-refractivity contribution is -0.224. The van der Waals surface area contributed by atoms with Gasteiger partial charge in [0.05, 0.1) is 6.10 Å². The standard InChI is InChI=1S/C11H21NO5/c1-5(2)4-7(13)12-11-10(16)9(15)8(14)6(3)17-11/h5-6,8-11,14-16H,4H2,1-3H3,(H,12,13)/t6?,8-,9-,10?,11+/m1/s1. The average molecular weight is 247 g/mol. The third-order valence-corrected chi connectivity index (χ3v) is 2.75. The van der Waals surface area contributed by atoms with Crippen molar-refractivity contribution in [2.24, 2.45) is 5.92 Å². The van der Waals surface area contributed by atoms with E-state index in [0.29, 0.717) is 6.42 Å². The summed E-state index contributed by atoms with van der Waals surface area (Å²) in [6.07, 6.45) is -5.09. The van der Waals surface area contributed by atoms with Crippen molar-refractivity contribution in [1.82, 2.24) is 5.32 Å². The van der Waals surface area contributed by atoms with E-state index in [4.69, 9.17) is 4.74 Å². The molecule has 0 aliphatic carbocycles. The predicted octanol–water partition coefficient (Wildman–Crippen LogP) is -1.02. The molecule has 0 aromatic carbocycles. The fraction of sp³-hybridized carbons (Fsp3) is 0.909. The maximum atomic E-state index is 11.5. The highest BCUT2D eigenvalue weighted by Crippen LogP contribution is 2.19. The molecule has 4 N–H and O–H groups in total. The van der Waals surface area contributed by atoms with E-state index in [9.17, 15) is 20.1 Å². The maximum absolute atomic E-state index is 11.5. The largest absolute Gasteiger partial charge is 0.388 e. The van der Waals surface area contributed by atoms with Crippen molar-refractivity contribution in [2.45, 2.75) is 57.8 Å². The average Bonchev–Trinajstić information content (AvgIpc) is 2.21. The number of ether oxygens (including phenoxy) is 1. The Morgan fingerprint density at radius 3 is 2.35 bits per heavy atom. The van der Waals surface area contributed by atoms with Gasteiger partial charge in [0.25, 0.3) is 0 Å². The smallest absolute Gasteiger partial charge is 0.222 e. The SMILES string of the molecule is CC(C)CC(=O)N[C@H]1OC(C)[C@@H](O)[C@@H](O)C1O. The van der Waals surface area contributed by atoms with Gasteiger partial charge < -0.3 is 25.4 Å². The molecule has 0 saturated carbocycles. The number of carbonyl (C=O) groups is 1. The highest BCUT2D eigenvalue weighted by Gasteiger charge is 2.42. The van der Waals surface area contributed by atoms with E-state index in [0.717, 1.165) is 0 Å². The molecule has 17 heavy (non-hydrogen) atoms. The summed E-state index contributed by atoms with van der Waals surface area (Å²) in [7, 11) is 0. The molecule has 0 radical (unpaired) electrons. The molecule has 6 heteroatoms. The van der Waals surface area contributed by atoms with E-state index in [1.807, 2.05) is 13.8 Å². The number of rotatable bonds is 3. The zero-order valence-electron chi connectivity index (χ0n) is 10.3. The summed E-state index contributed by atoms with van der Waals surface area (Å²) in [6.45, 7) is 5.37. The van der Waals surface area contributed by atoms with Gasteiger partial charge in [0, 0.05) is 6.42 Å². The molecular formula is C11H21NO5. The maximum Gasteiger partial charge on any atom is 0.222 e. The van der Waals surface area contributed by atoms with Crippen molar-refractivity contribution in [3.05, 3.63) is 0 Å². The Morgan fingerprint density at radius 2 is 1.82 bits per heavy atom. The lowest BCUT2D eigenvalue weighted by atomic mass is 9.99. The van der Waals surface area contributed by atoms with Crippen LogP contribution in [0, 0.1) is 5.92 Å². The van der Waals surface area contributed by atoms with Crippen LogP contribution in [0.2, 0.25) is 0 Å². The molecule has 100 valence electrons. The molecule has 2 unspecified atom stereocenters. The molecule has 0 bridgehead atoms. The minimum absolute atomic E-state index is 0.198. The van der Waals surface area contributed by atoms with Crippen molar-refractivity contribution < 1.29 is 24.9 Å². The molecule has 0 aromatic rings. The van der Waals surface area contributed by atoms with Crippen LogP contribution >= 0.6 is 0 Å². The van der Waals surface area contributed by atoms with E-state index in [1.165, 1.54) is 0 Å². The Bertz CT molecular complexity index is 271. The topological polar surface area (TPSA) is 99.0 Å². The number of amides is 1. The normalized spacial score (nSPS) is 38.2. The third-order valence-electron chi connectivity index (χ3n) is 2.75. The molecule has 1 saturated heterocycles. The molecule has 0 spiro atoms. The first-order valence-corrected chi connectivity index (χ1v) is 5.82. The van der Waals surface area contributed by atoms with Gasteiger partial charge in [-0.15, -0.1) is 0 Å². The van der Waals surface area contributed by atoms with Gasteiger partial charge in [-0.05, 0) is 12.8 Å². The number of aliphatic hydroxyl groups is 3. The van der Waals surface area contributed by atoms with Crippen molar-refractivity contribution >= 4 is 5.91 Å². The van der Waals surface area contributed by atoms with Crippen LogP contribution in [0.15, 0.2) is 0 Å². The fourth-order valence-electron chi connectivity index (χ4n) is 1.76. The second-order valence-electron chi connectivity index (χ2n) is 4.90. The zero-order valence-corrected chi connectivity index (χ0v) is 10.3.